The van der Waals surface area contributed by atoms with E-state index in [1.165, 1.54) is 6.42 Å². The fraction of sp³-hybridized carbons (Fsp3) is 0.571. The molecule has 2 rings (SSSR count). The van der Waals surface area contributed by atoms with E-state index >= 15 is 0 Å². The molecule has 0 spiro atoms. The molecule has 0 aromatic heterocycles. The van der Waals surface area contributed by atoms with Crippen LogP contribution in [-0.2, 0) is 16.6 Å². The van der Waals surface area contributed by atoms with Crippen LogP contribution >= 0.6 is 27.7 Å². The first kappa shape index (κ1) is 17.3. The Morgan fingerprint density at radius 1 is 1.43 bits per heavy atom. The summed E-state index contributed by atoms with van der Waals surface area (Å²) < 4.78 is 28.3. The number of hydrogen-bond acceptors (Lipinski definition) is 4. The van der Waals surface area contributed by atoms with Crippen molar-refractivity contribution in [3.05, 3.63) is 28.2 Å². The second-order valence-electron chi connectivity index (χ2n) is 5.03. The van der Waals surface area contributed by atoms with Crippen molar-refractivity contribution >= 4 is 37.7 Å². The number of rotatable bonds is 7. The first-order valence-electron chi connectivity index (χ1n) is 7.13. The molecule has 0 bridgehead atoms. The highest BCUT2D eigenvalue weighted by Crippen LogP contribution is 2.27. The predicted molar refractivity (Wildman–Crippen MR) is 92.2 cm³/mol. The lowest BCUT2D eigenvalue weighted by Gasteiger charge is -2.13. The van der Waals surface area contributed by atoms with Gasteiger partial charge in [-0.25, -0.2) is 13.1 Å². The van der Waals surface area contributed by atoms with Crippen LogP contribution in [0.2, 0.25) is 0 Å². The van der Waals surface area contributed by atoms with Crippen molar-refractivity contribution in [1.29, 1.82) is 0 Å². The van der Waals surface area contributed by atoms with Crippen LogP contribution in [0.3, 0.4) is 0 Å². The number of nitrogens with one attached hydrogen (secondary N) is 2. The van der Waals surface area contributed by atoms with Gasteiger partial charge in [-0.15, -0.1) is 0 Å². The molecule has 1 saturated heterocycles. The van der Waals surface area contributed by atoms with E-state index in [0.29, 0.717) is 27.7 Å². The molecule has 7 heteroatoms. The number of benzene rings is 1. The van der Waals surface area contributed by atoms with Gasteiger partial charge in [0.25, 0.3) is 0 Å². The van der Waals surface area contributed by atoms with Gasteiger partial charge >= 0.3 is 0 Å². The van der Waals surface area contributed by atoms with Crippen LogP contribution in [0.1, 0.15) is 25.3 Å². The van der Waals surface area contributed by atoms with Crippen LogP contribution in [0.15, 0.2) is 27.6 Å². The van der Waals surface area contributed by atoms with E-state index in [9.17, 15) is 8.42 Å². The third-order valence-corrected chi connectivity index (χ3v) is 7.20. The maximum absolute atomic E-state index is 12.5. The van der Waals surface area contributed by atoms with E-state index < -0.39 is 10.0 Å². The third-order valence-electron chi connectivity index (χ3n) is 3.39. The van der Waals surface area contributed by atoms with Crippen LogP contribution in [0.5, 0.6) is 0 Å². The van der Waals surface area contributed by atoms with E-state index in [1.807, 2.05) is 24.8 Å². The zero-order chi connectivity index (χ0) is 15.3. The summed E-state index contributed by atoms with van der Waals surface area (Å²) in [6.45, 7) is 4.06. The van der Waals surface area contributed by atoms with E-state index in [1.54, 1.807) is 12.1 Å². The van der Waals surface area contributed by atoms with Crippen molar-refractivity contribution in [2.24, 2.45) is 0 Å². The quantitative estimate of drug-likeness (QED) is 0.748. The zero-order valence-corrected chi connectivity index (χ0v) is 15.3. The minimum atomic E-state index is -3.46. The standard InChI is InChI=1S/C14H21BrN2O2S2/c1-2-16-9-11-5-6-13(15)14(8-11)21(18,19)17-10-12-4-3-7-20-12/h5-6,8,12,16-17H,2-4,7,9-10H2,1H3. The average molecular weight is 393 g/mol. The Morgan fingerprint density at radius 3 is 2.90 bits per heavy atom. The molecule has 1 aliphatic heterocycles. The Bertz CT molecular complexity index is 572. The lowest BCUT2D eigenvalue weighted by molar-refractivity contribution is 0.578. The van der Waals surface area contributed by atoms with Crippen LogP contribution in [0.4, 0.5) is 0 Å². The molecule has 0 saturated carbocycles. The Balaban J connectivity index is 2.09. The number of halogens is 1. The highest BCUT2D eigenvalue weighted by molar-refractivity contribution is 9.10. The smallest absolute Gasteiger partial charge is 0.241 e. The van der Waals surface area contributed by atoms with E-state index in [-0.39, 0.29) is 0 Å². The minimum Gasteiger partial charge on any atom is -0.313 e. The van der Waals surface area contributed by atoms with Gasteiger partial charge in [-0.2, -0.15) is 11.8 Å². The van der Waals surface area contributed by atoms with Crippen molar-refractivity contribution in [3.63, 3.8) is 0 Å². The highest BCUT2D eigenvalue weighted by Gasteiger charge is 2.22. The Kier molecular flexibility index (Phi) is 6.55. The van der Waals surface area contributed by atoms with E-state index in [2.05, 4.69) is 26.0 Å². The summed E-state index contributed by atoms with van der Waals surface area (Å²) in [5.41, 5.74) is 0.968. The molecule has 21 heavy (non-hydrogen) atoms. The summed E-state index contributed by atoms with van der Waals surface area (Å²) in [6.07, 6.45) is 2.27. The molecule has 1 aliphatic rings. The van der Waals surface area contributed by atoms with E-state index in [4.69, 9.17) is 0 Å². The summed E-state index contributed by atoms with van der Waals surface area (Å²) in [7, 11) is -3.46. The van der Waals surface area contributed by atoms with Crippen molar-refractivity contribution < 1.29 is 8.42 Å². The third kappa shape index (κ3) is 4.96. The van der Waals surface area contributed by atoms with Gasteiger partial charge in [0.1, 0.15) is 0 Å². The Morgan fingerprint density at radius 2 is 2.24 bits per heavy atom. The monoisotopic (exact) mass is 392 g/mol. The van der Waals surface area contributed by atoms with Gasteiger partial charge in [-0.3, -0.25) is 0 Å². The molecule has 0 amide bonds. The van der Waals surface area contributed by atoms with Gasteiger partial charge in [0.2, 0.25) is 10.0 Å². The van der Waals surface area contributed by atoms with Crippen molar-refractivity contribution in [2.45, 2.75) is 36.5 Å². The normalized spacial score (nSPS) is 19.0. The van der Waals surface area contributed by atoms with Gasteiger partial charge in [0, 0.05) is 22.8 Å². The van der Waals surface area contributed by atoms with Gasteiger partial charge in [-0.1, -0.05) is 13.0 Å². The number of sulfonamides is 1. The topological polar surface area (TPSA) is 58.2 Å². The summed E-state index contributed by atoms with van der Waals surface area (Å²) in [4.78, 5) is 0.320. The molecular formula is C14H21BrN2O2S2. The molecule has 1 unspecified atom stereocenters. The van der Waals surface area contributed by atoms with Crippen LogP contribution in [0.25, 0.3) is 0 Å². The molecule has 1 atom stereocenters. The summed E-state index contributed by atoms with van der Waals surface area (Å²) in [6, 6.07) is 5.46. The minimum absolute atomic E-state index is 0.320. The maximum atomic E-state index is 12.5. The summed E-state index contributed by atoms with van der Waals surface area (Å²) in [5.74, 6) is 1.13. The zero-order valence-electron chi connectivity index (χ0n) is 12.1. The van der Waals surface area contributed by atoms with Crippen LogP contribution < -0.4 is 10.0 Å². The van der Waals surface area contributed by atoms with Crippen molar-refractivity contribution in [2.75, 3.05) is 18.8 Å². The predicted octanol–water partition coefficient (Wildman–Crippen LogP) is 2.73. The fourth-order valence-electron chi connectivity index (χ4n) is 2.22. The first-order chi connectivity index (χ1) is 10.0. The molecule has 118 valence electrons. The molecule has 2 N–H and O–H groups in total. The number of hydrogen-bond donors (Lipinski definition) is 2. The largest absolute Gasteiger partial charge is 0.313 e. The first-order valence-corrected chi connectivity index (χ1v) is 10.5. The van der Waals surface area contributed by atoms with Gasteiger partial charge in [-0.05, 0) is 58.8 Å². The summed E-state index contributed by atoms with van der Waals surface area (Å²) >= 11 is 5.19. The SMILES string of the molecule is CCNCc1ccc(Br)c(S(=O)(=O)NCC2CCCS2)c1. The van der Waals surface area contributed by atoms with Gasteiger partial charge in [0.15, 0.2) is 0 Å². The number of thioether (sulfide) groups is 1. The molecular weight excluding hydrogens is 372 g/mol. The molecule has 0 radical (unpaired) electrons. The molecule has 4 nitrogen and oxygen atoms in total. The molecule has 1 heterocycles. The molecule has 1 aromatic carbocycles. The van der Waals surface area contributed by atoms with Gasteiger partial charge < -0.3 is 5.32 Å². The van der Waals surface area contributed by atoms with Crippen molar-refractivity contribution in [1.82, 2.24) is 10.0 Å². The lowest BCUT2D eigenvalue weighted by atomic mass is 10.2. The summed E-state index contributed by atoms with van der Waals surface area (Å²) in [5, 5.41) is 3.61. The van der Waals surface area contributed by atoms with Gasteiger partial charge in [0.05, 0.1) is 4.90 Å². The van der Waals surface area contributed by atoms with Crippen molar-refractivity contribution in [3.8, 4) is 0 Å². The highest BCUT2D eigenvalue weighted by atomic mass is 79.9. The maximum Gasteiger partial charge on any atom is 0.241 e. The average Bonchev–Trinajstić information content (AvgIpc) is 2.97. The Hall–Kier alpha value is -0.0800. The molecule has 1 fully saturated rings. The lowest BCUT2D eigenvalue weighted by Crippen LogP contribution is -2.30. The second-order valence-corrected chi connectivity index (χ2v) is 9.03. The molecule has 0 aliphatic carbocycles. The Labute approximate surface area is 139 Å². The van der Waals surface area contributed by atoms with E-state index in [0.717, 1.165) is 24.3 Å². The molecule has 1 aromatic rings. The second kappa shape index (κ2) is 7.97. The van der Waals surface area contributed by atoms with Crippen LogP contribution in [-0.4, -0.2) is 32.5 Å². The fourth-order valence-corrected chi connectivity index (χ4v) is 5.62. The van der Waals surface area contributed by atoms with Crippen LogP contribution in [0, 0.1) is 0 Å².